The summed E-state index contributed by atoms with van der Waals surface area (Å²) in [6.07, 6.45) is 1.25. The molecule has 6 nitrogen and oxygen atoms in total. The molecule has 0 radical (unpaired) electrons. The summed E-state index contributed by atoms with van der Waals surface area (Å²) in [4.78, 5) is 14.4. The van der Waals surface area contributed by atoms with E-state index >= 15 is 0 Å². The molecule has 2 aromatic rings. The predicted molar refractivity (Wildman–Crippen MR) is 77.8 cm³/mol. The number of sulfonamides is 1. The summed E-state index contributed by atoms with van der Waals surface area (Å²) in [7, 11) is -3.83. The molecule has 0 bridgehead atoms. The maximum absolute atomic E-state index is 12.2. The summed E-state index contributed by atoms with van der Waals surface area (Å²) in [5.41, 5.74) is 0.511. The lowest BCUT2D eigenvalue weighted by atomic mass is 10.2. The van der Waals surface area contributed by atoms with E-state index in [0.717, 1.165) is 0 Å². The molecule has 0 amide bonds. The molecule has 0 fully saturated rings. The smallest absolute Gasteiger partial charge is 0.307 e. The van der Waals surface area contributed by atoms with Crippen molar-refractivity contribution in [3.63, 3.8) is 0 Å². The van der Waals surface area contributed by atoms with Crippen molar-refractivity contribution < 1.29 is 18.3 Å². The third kappa shape index (κ3) is 3.93. The molecule has 0 atom stereocenters. The molecule has 0 aliphatic carbocycles. The van der Waals surface area contributed by atoms with Crippen LogP contribution in [-0.2, 0) is 21.2 Å². The van der Waals surface area contributed by atoms with Gasteiger partial charge in [-0.05, 0) is 29.8 Å². The summed E-state index contributed by atoms with van der Waals surface area (Å²) in [6, 6.07) is 8.66. The number of pyridine rings is 1. The van der Waals surface area contributed by atoms with Gasteiger partial charge >= 0.3 is 5.97 Å². The van der Waals surface area contributed by atoms with Crippen LogP contribution in [0.5, 0.6) is 0 Å². The molecule has 0 spiro atoms. The van der Waals surface area contributed by atoms with E-state index in [-0.39, 0.29) is 22.2 Å². The molecule has 0 aliphatic rings. The van der Waals surface area contributed by atoms with E-state index in [1.807, 2.05) is 0 Å². The van der Waals surface area contributed by atoms with Gasteiger partial charge in [-0.3, -0.25) is 9.52 Å². The molecule has 1 aromatic heterocycles. The number of carboxylic acid groups (broad SMARTS) is 1. The monoisotopic (exact) mass is 326 g/mol. The number of benzene rings is 1. The van der Waals surface area contributed by atoms with Crippen molar-refractivity contribution in [3.8, 4) is 0 Å². The number of nitrogens with one attached hydrogen (secondary N) is 1. The first-order valence-electron chi connectivity index (χ1n) is 5.82. The second kappa shape index (κ2) is 6.11. The molecule has 1 aromatic carbocycles. The Bertz CT molecular complexity index is 760. The normalized spacial score (nSPS) is 11.1. The number of hydrogen-bond acceptors (Lipinski definition) is 4. The van der Waals surface area contributed by atoms with Gasteiger partial charge in [0.25, 0.3) is 10.0 Å². The zero-order valence-corrected chi connectivity index (χ0v) is 12.2. The van der Waals surface area contributed by atoms with E-state index in [2.05, 4.69) is 9.71 Å². The zero-order valence-electron chi connectivity index (χ0n) is 10.7. The van der Waals surface area contributed by atoms with Gasteiger partial charge in [0.15, 0.2) is 5.82 Å². The zero-order chi connectivity index (χ0) is 15.5. The molecule has 2 rings (SSSR count). The van der Waals surface area contributed by atoms with E-state index in [4.69, 9.17) is 16.7 Å². The summed E-state index contributed by atoms with van der Waals surface area (Å²) in [6.45, 7) is 0. The number of carbonyl (C=O) groups is 1. The fraction of sp³-hybridized carbons (Fsp3) is 0.0769. The van der Waals surface area contributed by atoms with Gasteiger partial charge in [0.1, 0.15) is 0 Å². The van der Waals surface area contributed by atoms with Gasteiger partial charge in [-0.2, -0.15) is 0 Å². The number of anilines is 1. The van der Waals surface area contributed by atoms with Crippen LogP contribution < -0.4 is 4.72 Å². The second-order valence-electron chi connectivity index (χ2n) is 4.15. The van der Waals surface area contributed by atoms with Crippen LogP contribution in [0, 0.1) is 0 Å². The van der Waals surface area contributed by atoms with E-state index in [9.17, 15) is 13.2 Å². The van der Waals surface area contributed by atoms with Crippen molar-refractivity contribution in [2.45, 2.75) is 11.3 Å². The molecular weight excluding hydrogens is 316 g/mol. The minimum absolute atomic E-state index is 0.00152. The Labute approximate surface area is 126 Å². The fourth-order valence-electron chi connectivity index (χ4n) is 1.61. The number of carboxylic acids is 1. The Morgan fingerprint density at radius 2 is 1.90 bits per heavy atom. The van der Waals surface area contributed by atoms with E-state index < -0.39 is 16.0 Å². The molecular formula is C13H11ClN2O4S. The molecule has 0 saturated heterocycles. The number of aromatic nitrogens is 1. The largest absolute Gasteiger partial charge is 0.481 e. The number of aliphatic carboxylic acids is 1. The molecule has 8 heteroatoms. The first kappa shape index (κ1) is 15.3. The van der Waals surface area contributed by atoms with Gasteiger partial charge in [0.05, 0.1) is 16.3 Å². The van der Waals surface area contributed by atoms with E-state index in [1.165, 1.54) is 36.5 Å². The molecule has 110 valence electrons. The lowest BCUT2D eigenvalue weighted by molar-refractivity contribution is -0.136. The minimum atomic E-state index is -3.83. The van der Waals surface area contributed by atoms with Crippen LogP contribution in [0.1, 0.15) is 5.56 Å². The first-order valence-corrected chi connectivity index (χ1v) is 7.69. The van der Waals surface area contributed by atoms with Crippen LogP contribution in [0.25, 0.3) is 0 Å². The Hall–Kier alpha value is -2.12. The lowest BCUT2D eigenvalue weighted by Crippen LogP contribution is -2.14. The van der Waals surface area contributed by atoms with Crippen molar-refractivity contribution in [2.75, 3.05) is 4.72 Å². The number of hydrogen-bond donors (Lipinski definition) is 2. The van der Waals surface area contributed by atoms with Gasteiger partial charge in [0, 0.05) is 6.20 Å². The van der Waals surface area contributed by atoms with Gasteiger partial charge in [-0.25, -0.2) is 13.4 Å². The Morgan fingerprint density at radius 3 is 2.48 bits per heavy atom. The molecule has 21 heavy (non-hydrogen) atoms. The third-order valence-electron chi connectivity index (χ3n) is 2.58. The van der Waals surface area contributed by atoms with E-state index in [0.29, 0.717) is 5.56 Å². The molecule has 0 unspecified atom stereocenters. The number of halogens is 1. The van der Waals surface area contributed by atoms with Gasteiger partial charge < -0.3 is 5.11 Å². The average molecular weight is 327 g/mol. The molecule has 0 saturated carbocycles. The third-order valence-corrected chi connectivity index (χ3v) is 4.24. The maximum Gasteiger partial charge on any atom is 0.307 e. The summed E-state index contributed by atoms with van der Waals surface area (Å²) in [5.74, 6) is -0.947. The highest BCUT2D eigenvalue weighted by Crippen LogP contribution is 2.21. The topological polar surface area (TPSA) is 96.4 Å². The lowest BCUT2D eigenvalue weighted by Gasteiger charge is -2.08. The van der Waals surface area contributed by atoms with Crippen LogP contribution in [-0.4, -0.2) is 24.5 Å². The van der Waals surface area contributed by atoms with Crippen molar-refractivity contribution in [2.24, 2.45) is 0 Å². The van der Waals surface area contributed by atoms with Crippen LogP contribution in [0.3, 0.4) is 0 Å². The Morgan fingerprint density at radius 1 is 1.24 bits per heavy atom. The average Bonchev–Trinajstić information content (AvgIpc) is 2.41. The highest BCUT2D eigenvalue weighted by atomic mass is 35.5. The SMILES string of the molecule is O=C(O)Cc1ccc(S(=O)(=O)Nc2ncccc2Cl)cc1. The highest BCUT2D eigenvalue weighted by Gasteiger charge is 2.16. The van der Waals surface area contributed by atoms with Crippen LogP contribution in [0.4, 0.5) is 5.82 Å². The molecule has 0 aliphatic heterocycles. The second-order valence-corrected chi connectivity index (χ2v) is 6.24. The summed E-state index contributed by atoms with van der Waals surface area (Å²) in [5, 5.41) is 8.85. The van der Waals surface area contributed by atoms with Gasteiger partial charge in [-0.15, -0.1) is 0 Å². The predicted octanol–water partition coefficient (Wildman–Crippen LogP) is 2.16. The number of nitrogens with zero attached hydrogens (tertiary/aromatic N) is 1. The number of rotatable bonds is 5. The van der Waals surface area contributed by atoms with Crippen molar-refractivity contribution >= 4 is 33.4 Å². The van der Waals surface area contributed by atoms with Crippen molar-refractivity contribution in [1.29, 1.82) is 0 Å². The van der Waals surface area contributed by atoms with Crippen molar-refractivity contribution in [1.82, 2.24) is 4.98 Å². The summed E-state index contributed by atoms with van der Waals surface area (Å²) < 4.78 is 26.6. The fourth-order valence-corrected chi connectivity index (χ4v) is 2.86. The Balaban J connectivity index is 2.24. The Kier molecular flexibility index (Phi) is 4.44. The summed E-state index contributed by atoms with van der Waals surface area (Å²) >= 11 is 5.85. The minimum Gasteiger partial charge on any atom is -0.481 e. The van der Waals surface area contributed by atoms with Crippen LogP contribution >= 0.6 is 11.6 Å². The van der Waals surface area contributed by atoms with Crippen LogP contribution in [0.15, 0.2) is 47.5 Å². The first-order chi connectivity index (χ1) is 9.88. The molecule has 1 heterocycles. The van der Waals surface area contributed by atoms with Crippen molar-refractivity contribution in [3.05, 3.63) is 53.2 Å². The standard InChI is InChI=1S/C13H11ClN2O4S/c14-11-2-1-7-15-13(11)16-21(19,20)10-5-3-9(4-6-10)8-12(17)18/h1-7H,8H2,(H,15,16)(H,17,18). The highest BCUT2D eigenvalue weighted by molar-refractivity contribution is 7.92. The van der Waals surface area contributed by atoms with Crippen LogP contribution in [0.2, 0.25) is 5.02 Å². The van der Waals surface area contributed by atoms with E-state index in [1.54, 1.807) is 6.07 Å². The molecule has 2 N–H and O–H groups in total. The van der Waals surface area contributed by atoms with Gasteiger partial charge in [-0.1, -0.05) is 23.7 Å². The van der Waals surface area contributed by atoms with Gasteiger partial charge in [0.2, 0.25) is 0 Å². The maximum atomic E-state index is 12.2. The quantitative estimate of drug-likeness (QED) is 0.877.